The van der Waals surface area contributed by atoms with Crippen LogP contribution in [0.5, 0.6) is 5.75 Å². The number of rotatable bonds is 4. The van der Waals surface area contributed by atoms with Crippen LogP contribution in [0.25, 0.3) is 0 Å². The second-order valence-corrected chi connectivity index (χ2v) is 6.03. The topological polar surface area (TPSA) is 19.0 Å². The van der Waals surface area contributed by atoms with Gasteiger partial charge in [0.1, 0.15) is 5.75 Å². The molecule has 122 valence electrons. The maximum atomic E-state index is 5.50. The van der Waals surface area contributed by atoms with Gasteiger partial charge in [0.05, 0.1) is 24.2 Å². The summed E-state index contributed by atoms with van der Waals surface area (Å²) in [4.78, 5) is 7.07. The average Bonchev–Trinajstić information content (AvgIpc) is 2.62. The van der Waals surface area contributed by atoms with Gasteiger partial charge in [0.25, 0.3) is 0 Å². The Hall–Kier alpha value is -2.36. The van der Waals surface area contributed by atoms with Crippen molar-refractivity contribution in [3.63, 3.8) is 0 Å². The van der Waals surface area contributed by atoms with Gasteiger partial charge < -0.3 is 19.4 Å². The molecule has 0 bridgehead atoms. The van der Waals surface area contributed by atoms with Gasteiger partial charge in [-0.15, -0.1) is 0 Å². The highest BCUT2D eigenvalue weighted by molar-refractivity contribution is 5.71. The lowest BCUT2D eigenvalue weighted by molar-refractivity contribution is 0.413. The summed E-state index contributed by atoms with van der Waals surface area (Å²) in [5, 5.41) is 0. The van der Waals surface area contributed by atoms with Gasteiger partial charge in [-0.05, 0) is 24.3 Å². The number of hydrogen-bond acceptors (Lipinski definition) is 4. The van der Waals surface area contributed by atoms with Crippen molar-refractivity contribution in [2.45, 2.75) is 0 Å². The summed E-state index contributed by atoms with van der Waals surface area (Å²) >= 11 is 0. The first-order valence-corrected chi connectivity index (χ1v) is 8.10. The maximum absolute atomic E-state index is 5.50. The summed E-state index contributed by atoms with van der Waals surface area (Å²) in [6, 6.07) is 16.9. The van der Waals surface area contributed by atoms with Gasteiger partial charge in [-0.1, -0.05) is 24.3 Å². The molecule has 0 aromatic heterocycles. The number of para-hydroxylation sites is 4. The molecule has 0 saturated carbocycles. The first-order valence-electron chi connectivity index (χ1n) is 8.10. The number of piperazine rings is 1. The van der Waals surface area contributed by atoms with Crippen molar-refractivity contribution in [1.82, 2.24) is 0 Å². The summed E-state index contributed by atoms with van der Waals surface area (Å²) in [7, 11) is 5.94. The molecule has 0 amide bonds. The van der Waals surface area contributed by atoms with E-state index < -0.39 is 0 Å². The summed E-state index contributed by atoms with van der Waals surface area (Å²) in [5.41, 5.74) is 3.78. The molecule has 0 atom stereocenters. The molecule has 0 unspecified atom stereocenters. The van der Waals surface area contributed by atoms with Gasteiger partial charge >= 0.3 is 0 Å². The lowest BCUT2D eigenvalue weighted by Gasteiger charge is -2.39. The number of nitrogens with zero attached hydrogens (tertiary/aromatic N) is 3. The smallest absolute Gasteiger partial charge is 0.142 e. The first-order chi connectivity index (χ1) is 11.2. The Balaban J connectivity index is 1.74. The van der Waals surface area contributed by atoms with Crippen LogP contribution in [-0.4, -0.2) is 47.4 Å². The fourth-order valence-corrected chi connectivity index (χ4v) is 3.19. The molecule has 0 radical (unpaired) electrons. The van der Waals surface area contributed by atoms with Gasteiger partial charge in [0, 0.05) is 40.3 Å². The number of benzene rings is 2. The quantitative estimate of drug-likeness (QED) is 0.863. The zero-order chi connectivity index (χ0) is 16.2. The van der Waals surface area contributed by atoms with Crippen molar-refractivity contribution in [1.29, 1.82) is 0 Å². The van der Waals surface area contributed by atoms with E-state index in [-0.39, 0.29) is 0 Å². The Labute approximate surface area is 138 Å². The van der Waals surface area contributed by atoms with Crippen LogP contribution in [-0.2, 0) is 0 Å². The molecule has 23 heavy (non-hydrogen) atoms. The van der Waals surface area contributed by atoms with E-state index in [1.165, 1.54) is 17.1 Å². The molecule has 1 saturated heterocycles. The second kappa shape index (κ2) is 6.82. The van der Waals surface area contributed by atoms with Gasteiger partial charge in [0.2, 0.25) is 0 Å². The molecule has 4 nitrogen and oxygen atoms in total. The monoisotopic (exact) mass is 311 g/mol. The molecule has 1 aliphatic heterocycles. The van der Waals surface area contributed by atoms with Crippen molar-refractivity contribution in [3.05, 3.63) is 48.5 Å². The zero-order valence-corrected chi connectivity index (χ0v) is 14.2. The van der Waals surface area contributed by atoms with Gasteiger partial charge in [0.15, 0.2) is 0 Å². The highest BCUT2D eigenvalue weighted by atomic mass is 16.5. The third-order valence-electron chi connectivity index (χ3n) is 4.41. The van der Waals surface area contributed by atoms with E-state index in [2.05, 4.69) is 65.2 Å². The standard InChI is InChI=1S/C19H25N3O/c1-20(2)16-8-4-5-9-17(16)21-12-14-22(15-13-21)18-10-6-7-11-19(18)23-3/h4-11H,12-15H2,1-3H3. The Morgan fingerprint density at radius 3 is 1.91 bits per heavy atom. The summed E-state index contributed by atoms with van der Waals surface area (Å²) < 4.78 is 5.50. The average molecular weight is 311 g/mol. The van der Waals surface area contributed by atoms with Crippen LogP contribution >= 0.6 is 0 Å². The van der Waals surface area contributed by atoms with E-state index in [1.54, 1.807) is 7.11 Å². The zero-order valence-electron chi connectivity index (χ0n) is 14.2. The fourth-order valence-electron chi connectivity index (χ4n) is 3.19. The van der Waals surface area contributed by atoms with E-state index in [0.717, 1.165) is 31.9 Å². The van der Waals surface area contributed by atoms with E-state index in [0.29, 0.717) is 0 Å². The highest BCUT2D eigenvalue weighted by Gasteiger charge is 2.21. The van der Waals surface area contributed by atoms with E-state index in [9.17, 15) is 0 Å². The molecule has 0 aliphatic carbocycles. The molecular formula is C19H25N3O. The van der Waals surface area contributed by atoms with Crippen molar-refractivity contribution >= 4 is 17.1 Å². The molecular weight excluding hydrogens is 286 g/mol. The SMILES string of the molecule is COc1ccccc1N1CCN(c2ccccc2N(C)C)CC1. The van der Waals surface area contributed by atoms with Crippen LogP contribution in [0, 0.1) is 0 Å². The molecule has 3 rings (SSSR count). The molecule has 1 heterocycles. The minimum Gasteiger partial charge on any atom is -0.495 e. The number of anilines is 3. The van der Waals surface area contributed by atoms with Crippen molar-refractivity contribution < 1.29 is 4.74 Å². The van der Waals surface area contributed by atoms with Crippen LogP contribution in [0.4, 0.5) is 17.1 Å². The van der Waals surface area contributed by atoms with Gasteiger partial charge in [-0.25, -0.2) is 0 Å². The van der Waals surface area contributed by atoms with Crippen molar-refractivity contribution in [3.8, 4) is 5.75 Å². The summed E-state index contributed by atoms with van der Waals surface area (Å²) in [6.45, 7) is 4.04. The number of ether oxygens (including phenoxy) is 1. The Kier molecular flexibility index (Phi) is 4.60. The van der Waals surface area contributed by atoms with Crippen LogP contribution < -0.4 is 19.4 Å². The Morgan fingerprint density at radius 2 is 1.30 bits per heavy atom. The molecule has 1 fully saturated rings. The van der Waals surface area contributed by atoms with Crippen LogP contribution in [0.2, 0.25) is 0 Å². The third-order valence-corrected chi connectivity index (χ3v) is 4.41. The first kappa shape index (κ1) is 15.5. The molecule has 0 spiro atoms. The number of hydrogen-bond donors (Lipinski definition) is 0. The van der Waals surface area contributed by atoms with E-state index >= 15 is 0 Å². The predicted octanol–water partition coefficient (Wildman–Crippen LogP) is 3.09. The van der Waals surface area contributed by atoms with Crippen LogP contribution in [0.1, 0.15) is 0 Å². The summed E-state index contributed by atoms with van der Waals surface area (Å²) in [6.07, 6.45) is 0. The Morgan fingerprint density at radius 1 is 0.783 bits per heavy atom. The lowest BCUT2D eigenvalue weighted by atomic mass is 10.2. The van der Waals surface area contributed by atoms with Crippen molar-refractivity contribution in [2.24, 2.45) is 0 Å². The van der Waals surface area contributed by atoms with Gasteiger partial charge in [-0.2, -0.15) is 0 Å². The highest BCUT2D eigenvalue weighted by Crippen LogP contribution is 2.32. The summed E-state index contributed by atoms with van der Waals surface area (Å²) in [5.74, 6) is 0.953. The van der Waals surface area contributed by atoms with Crippen LogP contribution in [0.15, 0.2) is 48.5 Å². The lowest BCUT2D eigenvalue weighted by Crippen LogP contribution is -2.47. The molecule has 0 N–H and O–H groups in total. The third kappa shape index (κ3) is 3.21. The van der Waals surface area contributed by atoms with Gasteiger partial charge in [-0.3, -0.25) is 0 Å². The van der Waals surface area contributed by atoms with Crippen molar-refractivity contribution in [2.75, 3.05) is 62.1 Å². The normalized spacial score (nSPS) is 14.7. The molecule has 2 aromatic rings. The maximum Gasteiger partial charge on any atom is 0.142 e. The minimum absolute atomic E-state index is 0.953. The van der Waals surface area contributed by atoms with Crippen LogP contribution in [0.3, 0.4) is 0 Å². The molecule has 1 aliphatic rings. The fraction of sp³-hybridized carbons (Fsp3) is 0.368. The number of methoxy groups -OCH3 is 1. The predicted molar refractivity (Wildman–Crippen MR) is 98.2 cm³/mol. The second-order valence-electron chi connectivity index (χ2n) is 6.03. The Bertz CT molecular complexity index is 649. The molecule has 2 aromatic carbocycles. The van der Waals surface area contributed by atoms with E-state index in [4.69, 9.17) is 4.74 Å². The largest absolute Gasteiger partial charge is 0.495 e. The molecule has 4 heteroatoms. The van der Waals surface area contributed by atoms with E-state index in [1.807, 2.05) is 12.1 Å². The minimum atomic E-state index is 0.953.